The quantitative estimate of drug-likeness (QED) is 0.846. The first-order valence-electron chi connectivity index (χ1n) is 9.47. The van der Waals surface area contributed by atoms with Gasteiger partial charge in [0.1, 0.15) is 17.0 Å². The molecule has 2 aliphatic rings. The summed E-state index contributed by atoms with van der Waals surface area (Å²) in [4.78, 5) is 14.3. The van der Waals surface area contributed by atoms with Gasteiger partial charge in [-0.2, -0.15) is 0 Å². The number of nitrogens with zero attached hydrogens (tertiary/aromatic N) is 3. The maximum Gasteiger partial charge on any atom is 0.138 e. The molecule has 25 heavy (non-hydrogen) atoms. The molecule has 0 unspecified atom stereocenters. The van der Waals surface area contributed by atoms with Gasteiger partial charge in [0.25, 0.3) is 0 Å². The lowest BCUT2D eigenvalue weighted by Gasteiger charge is -2.41. The summed E-state index contributed by atoms with van der Waals surface area (Å²) in [6.07, 6.45) is 8.01. The molecule has 1 N–H and O–H groups in total. The minimum Gasteiger partial charge on any atom is -0.379 e. The van der Waals surface area contributed by atoms with Gasteiger partial charge in [-0.15, -0.1) is 11.3 Å². The number of nitrogens with one attached hydrogen (secondary N) is 1. The molecule has 0 atom stereocenters. The predicted molar refractivity (Wildman–Crippen MR) is 104 cm³/mol. The molecule has 0 aromatic carbocycles. The number of anilines is 1. The van der Waals surface area contributed by atoms with Crippen LogP contribution in [0.15, 0.2) is 6.33 Å². The Hall–Kier alpha value is -1.24. The van der Waals surface area contributed by atoms with Gasteiger partial charge in [0.2, 0.25) is 0 Å². The largest absolute Gasteiger partial charge is 0.379 e. The molecule has 0 amide bonds. The minimum atomic E-state index is 0.0774. The van der Waals surface area contributed by atoms with E-state index >= 15 is 0 Å². The van der Waals surface area contributed by atoms with E-state index in [1.807, 2.05) is 11.3 Å². The van der Waals surface area contributed by atoms with E-state index in [2.05, 4.69) is 34.0 Å². The van der Waals surface area contributed by atoms with Crippen LogP contribution in [0, 0.1) is 0 Å². The first kappa shape index (κ1) is 17.2. The number of rotatable bonds is 4. The first-order chi connectivity index (χ1) is 12.1. The standard InChI is InChI=1S/C19H28N4OS/c1-19(2,23-8-10-24-11-9-23)12-20-17-16-14-6-4-3-5-7-15(14)25-18(16)22-13-21-17/h13H,3-12H2,1-2H3,(H,20,21,22). The molecule has 4 rings (SSSR count). The summed E-state index contributed by atoms with van der Waals surface area (Å²) < 4.78 is 5.50. The zero-order valence-electron chi connectivity index (χ0n) is 15.3. The van der Waals surface area contributed by atoms with Crippen molar-refractivity contribution in [1.82, 2.24) is 14.9 Å². The summed E-state index contributed by atoms with van der Waals surface area (Å²) >= 11 is 1.87. The van der Waals surface area contributed by atoms with Gasteiger partial charge in [-0.3, -0.25) is 4.90 Å². The molecular weight excluding hydrogens is 332 g/mol. The molecule has 0 saturated carbocycles. The number of ether oxygens (including phenoxy) is 1. The van der Waals surface area contributed by atoms with Crippen molar-refractivity contribution in [2.24, 2.45) is 0 Å². The Morgan fingerprint density at radius 3 is 2.80 bits per heavy atom. The Morgan fingerprint density at radius 1 is 1.16 bits per heavy atom. The molecular formula is C19H28N4OS. The van der Waals surface area contributed by atoms with E-state index in [0.29, 0.717) is 0 Å². The SMILES string of the molecule is CC(C)(CNc1ncnc2sc3c(c12)CCCCC3)N1CCOCC1. The molecule has 2 aromatic rings. The first-order valence-corrected chi connectivity index (χ1v) is 10.3. The number of hydrogen-bond acceptors (Lipinski definition) is 6. The highest BCUT2D eigenvalue weighted by molar-refractivity contribution is 7.18. The van der Waals surface area contributed by atoms with E-state index in [-0.39, 0.29) is 5.54 Å². The van der Waals surface area contributed by atoms with Gasteiger partial charge in [-0.1, -0.05) is 6.42 Å². The Balaban J connectivity index is 1.58. The van der Waals surface area contributed by atoms with Gasteiger partial charge in [-0.05, 0) is 45.1 Å². The third-order valence-corrected chi connectivity index (χ3v) is 6.76. The van der Waals surface area contributed by atoms with Crippen LogP contribution in [0.25, 0.3) is 10.2 Å². The molecule has 0 spiro atoms. The van der Waals surface area contributed by atoms with E-state index in [1.165, 1.54) is 47.9 Å². The monoisotopic (exact) mass is 360 g/mol. The van der Waals surface area contributed by atoms with E-state index in [4.69, 9.17) is 4.74 Å². The fourth-order valence-electron chi connectivity index (χ4n) is 3.98. The average Bonchev–Trinajstić information content (AvgIpc) is 2.83. The van der Waals surface area contributed by atoms with Gasteiger partial charge in [0.05, 0.1) is 18.6 Å². The molecule has 1 fully saturated rings. The highest BCUT2D eigenvalue weighted by Crippen LogP contribution is 2.37. The fraction of sp³-hybridized carbons (Fsp3) is 0.684. The van der Waals surface area contributed by atoms with Crippen LogP contribution in [0.5, 0.6) is 0 Å². The lowest BCUT2D eigenvalue weighted by Crippen LogP contribution is -2.53. The number of morpholine rings is 1. The second-order valence-electron chi connectivity index (χ2n) is 7.73. The lowest BCUT2D eigenvalue weighted by atomic mass is 10.0. The summed E-state index contributed by atoms with van der Waals surface area (Å²) in [6.45, 7) is 9.15. The van der Waals surface area contributed by atoms with Crippen LogP contribution in [0.2, 0.25) is 0 Å². The van der Waals surface area contributed by atoms with Crippen molar-refractivity contribution in [1.29, 1.82) is 0 Å². The van der Waals surface area contributed by atoms with Gasteiger partial charge in [-0.25, -0.2) is 9.97 Å². The number of hydrogen-bond donors (Lipinski definition) is 1. The maximum absolute atomic E-state index is 5.50. The Bertz CT molecular complexity index is 736. The molecule has 5 nitrogen and oxygen atoms in total. The van der Waals surface area contributed by atoms with Gasteiger partial charge in [0.15, 0.2) is 0 Å². The minimum absolute atomic E-state index is 0.0774. The second kappa shape index (κ2) is 7.17. The van der Waals surface area contributed by atoms with Crippen molar-refractivity contribution in [3.63, 3.8) is 0 Å². The lowest BCUT2D eigenvalue weighted by molar-refractivity contribution is -0.00569. The molecule has 0 bridgehead atoms. The van der Waals surface area contributed by atoms with Gasteiger partial charge in [0, 0.05) is 30.1 Å². The van der Waals surface area contributed by atoms with Crippen molar-refractivity contribution < 1.29 is 4.74 Å². The molecule has 1 aliphatic heterocycles. The van der Waals surface area contributed by atoms with Gasteiger partial charge >= 0.3 is 0 Å². The third-order valence-electron chi connectivity index (χ3n) is 5.56. The van der Waals surface area contributed by atoms with Crippen LogP contribution in [0.3, 0.4) is 0 Å². The van der Waals surface area contributed by atoms with Crippen molar-refractivity contribution in [2.75, 3.05) is 38.2 Å². The highest BCUT2D eigenvalue weighted by atomic mass is 32.1. The van der Waals surface area contributed by atoms with E-state index in [9.17, 15) is 0 Å². The summed E-state index contributed by atoms with van der Waals surface area (Å²) in [5.41, 5.74) is 1.58. The van der Waals surface area contributed by atoms with Gasteiger partial charge < -0.3 is 10.1 Å². The summed E-state index contributed by atoms with van der Waals surface area (Å²) in [5, 5.41) is 4.93. The maximum atomic E-state index is 5.50. The van der Waals surface area contributed by atoms with Crippen LogP contribution >= 0.6 is 11.3 Å². The number of thiophene rings is 1. The van der Waals surface area contributed by atoms with E-state index in [1.54, 1.807) is 6.33 Å². The number of aromatic nitrogens is 2. The van der Waals surface area contributed by atoms with E-state index < -0.39 is 0 Å². The topological polar surface area (TPSA) is 50.3 Å². The van der Waals surface area contributed by atoms with Crippen molar-refractivity contribution in [2.45, 2.75) is 51.5 Å². The summed E-state index contributed by atoms with van der Waals surface area (Å²) in [7, 11) is 0. The zero-order valence-corrected chi connectivity index (χ0v) is 16.1. The van der Waals surface area contributed by atoms with Crippen LogP contribution < -0.4 is 5.32 Å². The number of aryl methyl sites for hydroxylation is 2. The normalized spacial score (nSPS) is 19.6. The fourth-order valence-corrected chi connectivity index (χ4v) is 5.21. The average molecular weight is 361 g/mol. The molecule has 2 aromatic heterocycles. The van der Waals surface area contributed by atoms with Crippen LogP contribution in [0.4, 0.5) is 5.82 Å². The summed E-state index contributed by atoms with van der Waals surface area (Å²) in [5.74, 6) is 1.02. The van der Waals surface area contributed by atoms with Crippen molar-refractivity contribution >= 4 is 27.4 Å². The zero-order chi connectivity index (χ0) is 17.3. The Morgan fingerprint density at radius 2 is 1.96 bits per heavy atom. The molecule has 1 saturated heterocycles. The highest BCUT2D eigenvalue weighted by Gasteiger charge is 2.28. The third kappa shape index (κ3) is 3.52. The van der Waals surface area contributed by atoms with Crippen LogP contribution in [-0.4, -0.2) is 53.3 Å². The Kier molecular flexibility index (Phi) is 4.93. The Labute approximate surface area is 153 Å². The predicted octanol–water partition coefficient (Wildman–Crippen LogP) is 3.48. The molecule has 6 heteroatoms. The van der Waals surface area contributed by atoms with Crippen molar-refractivity contribution in [3.8, 4) is 0 Å². The molecule has 3 heterocycles. The molecule has 1 aliphatic carbocycles. The van der Waals surface area contributed by atoms with Crippen molar-refractivity contribution in [3.05, 3.63) is 16.8 Å². The number of fused-ring (bicyclic) bond motifs is 3. The molecule has 136 valence electrons. The second-order valence-corrected chi connectivity index (χ2v) is 8.82. The molecule has 0 radical (unpaired) electrons. The smallest absolute Gasteiger partial charge is 0.138 e. The van der Waals surface area contributed by atoms with E-state index in [0.717, 1.165) is 43.5 Å². The summed E-state index contributed by atoms with van der Waals surface area (Å²) in [6, 6.07) is 0. The van der Waals surface area contributed by atoms with Crippen LogP contribution in [-0.2, 0) is 17.6 Å². The van der Waals surface area contributed by atoms with Crippen LogP contribution in [0.1, 0.15) is 43.6 Å².